The summed E-state index contributed by atoms with van der Waals surface area (Å²) < 4.78 is 13.4. The smallest absolute Gasteiger partial charge is 0.252 e. The second-order valence-electron chi connectivity index (χ2n) is 18.2. The molecule has 0 aromatic heterocycles. The van der Waals surface area contributed by atoms with Gasteiger partial charge >= 0.3 is 0 Å². The average molecular weight is 808 g/mol. The Morgan fingerprint density at radius 3 is 2.73 bits per heavy atom. The third kappa shape index (κ3) is 7.94. The highest BCUT2D eigenvalue weighted by Gasteiger charge is 2.51. The average Bonchev–Trinajstić information content (AvgIpc) is 4.00. The van der Waals surface area contributed by atoms with E-state index in [0.717, 1.165) is 102 Å². The molecule has 5 heterocycles. The first-order valence-electron chi connectivity index (χ1n) is 22.5. The van der Waals surface area contributed by atoms with E-state index in [0.29, 0.717) is 56.1 Å². The van der Waals surface area contributed by atoms with Gasteiger partial charge in [-0.1, -0.05) is 94.1 Å². The van der Waals surface area contributed by atoms with Gasteiger partial charge in [-0.15, -0.1) is 0 Å². The highest BCUT2D eigenvalue weighted by Crippen LogP contribution is 2.47. The van der Waals surface area contributed by atoms with Crippen LogP contribution in [0.3, 0.4) is 0 Å². The molecule has 60 heavy (non-hydrogen) atoms. The topological polar surface area (TPSA) is 131 Å². The molecule has 2 aromatic carbocycles. The lowest BCUT2D eigenvalue weighted by Crippen LogP contribution is -3.12. The number of Topliss-reactive ketones (excluding diaryl/α,β-unsaturated/α-hetero) is 1. The van der Waals surface area contributed by atoms with Gasteiger partial charge in [0.15, 0.2) is 11.5 Å². The Bertz CT molecular complexity index is 2290. The number of aliphatic hydroxyl groups excluding tert-OH is 2. The van der Waals surface area contributed by atoms with E-state index < -0.39 is 30.0 Å². The molecule has 5 N–H and O–H groups in total. The van der Waals surface area contributed by atoms with Crippen molar-refractivity contribution >= 4 is 18.2 Å². The van der Waals surface area contributed by atoms with Gasteiger partial charge in [0.1, 0.15) is 48.5 Å². The lowest BCUT2D eigenvalue weighted by atomic mass is 9.73. The number of aryl methyl sites for hydroxylation is 1. The number of nitrogens with one attached hydrogen (secondary N) is 1. The molecular formula is C51H59N4O5+. The molecule has 0 radical (unpaired) electrons. The van der Waals surface area contributed by atoms with Gasteiger partial charge in [0.2, 0.25) is 0 Å². The zero-order chi connectivity index (χ0) is 41.4. The van der Waals surface area contributed by atoms with Crippen molar-refractivity contribution in [3.63, 3.8) is 0 Å². The molecule has 9 rings (SSSR count). The summed E-state index contributed by atoms with van der Waals surface area (Å²) in [7, 11) is 0. The number of hydrogen-bond donors (Lipinski definition) is 4. The van der Waals surface area contributed by atoms with Gasteiger partial charge in [-0.2, -0.15) is 0 Å². The van der Waals surface area contributed by atoms with Crippen LogP contribution in [0.5, 0.6) is 11.5 Å². The number of hydrogen-bond acceptors (Lipinski definition) is 8. The van der Waals surface area contributed by atoms with E-state index in [4.69, 9.17) is 20.2 Å². The van der Waals surface area contributed by atoms with Crippen LogP contribution in [0.25, 0.3) is 0 Å². The highest BCUT2D eigenvalue weighted by molar-refractivity contribution is 5.87. The Balaban J connectivity index is 1.05. The largest absolute Gasteiger partial charge is 0.437 e. The van der Waals surface area contributed by atoms with E-state index in [2.05, 4.69) is 61.1 Å². The van der Waals surface area contributed by atoms with Crippen LogP contribution in [0.2, 0.25) is 0 Å². The normalized spacial score (nSPS) is 28.9. The number of nitrogens with two attached hydrogens (primary N) is 1. The number of aliphatic imine (C=N–C) groups is 2. The zero-order valence-corrected chi connectivity index (χ0v) is 35.1. The maximum atomic E-state index is 14.0. The molecule has 5 aliphatic heterocycles. The van der Waals surface area contributed by atoms with Crippen LogP contribution in [0.4, 0.5) is 0 Å². The summed E-state index contributed by atoms with van der Waals surface area (Å²) >= 11 is 0. The molecule has 9 unspecified atom stereocenters. The van der Waals surface area contributed by atoms with Crippen LogP contribution in [0, 0.1) is 53.0 Å². The predicted octanol–water partition coefficient (Wildman–Crippen LogP) is 6.58. The quantitative estimate of drug-likeness (QED) is 0.122. The van der Waals surface area contributed by atoms with Crippen molar-refractivity contribution in [2.24, 2.45) is 44.8 Å². The first-order valence-corrected chi connectivity index (χ1v) is 22.5. The first-order chi connectivity index (χ1) is 29.2. The van der Waals surface area contributed by atoms with Crippen LogP contribution in [0.15, 0.2) is 75.5 Å². The molecule has 7 aliphatic rings. The van der Waals surface area contributed by atoms with Gasteiger partial charge in [0.25, 0.3) is 6.23 Å². The van der Waals surface area contributed by atoms with E-state index in [1.54, 1.807) is 0 Å². The maximum absolute atomic E-state index is 14.0. The number of fused-ring (bicyclic) bond motifs is 8. The Morgan fingerprint density at radius 2 is 1.92 bits per heavy atom. The summed E-state index contributed by atoms with van der Waals surface area (Å²) in [5, 5.41) is 23.6. The Hall–Kier alpha value is -4.77. The van der Waals surface area contributed by atoms with E-state index in [9.17, 15) is 15.0 Å². The summed E-state index contributed by atoms with van der Waals surface area (Å²) in [6.07, 6.45) is 22.4. The molecule has 2 aromatic rings. The van der Waals surface area contributed by atoms with E-state index in [1.807, 2.05) is 42.8 Å². The number of quaternary nitrogens is 1. The number of benzene rings is 2. The second kappa shape index (κ2) is 17.3. The summed E-state index contributed by atoms with van der Waals surface area (Å²) in [6.45, 7) is 5.04. The van der Waals surface area contributed by atoms with E-state index in [-0.39, 0.29) is 23.5 Å². The fourth-order valence-corrected chi connectivity index (χ4v) is 10.8. The number of carbonyl (C=O) groups excluding carboxylic acids is 1. The van der Waals surface area contributed by atoms with Gasteiger partial charge in [-0.3, -0.25) is 19.7 Å². The summed E-state index contributed by atoms with van der Waals surface area (Å²) in [5.74, 6) is 11.5. The van der Waals surface area contributed by atoms with Gasteiger partial charge in [-0.05, 0) is 90.0 Å². The standard InChI is InChI=1S/C51H58N4O5/c1-3-4-5-8-39(48(58)34-13-9-32(2)10-14-34)45(57)18-11-33-12-20-46-47(27-33)60-50-42(51(24-26-59-46)22-6-7-23-51)17-19-44(56)37-15-16-38-36(21-25-53-49(38)52)40(37)28-35-29-54-43-31-55(50)30-41(35)43/h9,12-13,15-16,20,25,27,29,31-32,34,39,42,44,48-50,56,58H,3-8,10-11,14,18,21-23,28,30,52H2,1-2H3/p+1. The molecule has 9 nitrogen and oxygen atoms in total. The molecule has 2 bridgehead atoms. The predicted molar refractivity (Wildman–Crippen MR) is 233 cm³/mol. The molecule has 2 aliphatic carbocycles. The van der Waals surface area contributed by atoms with E-state index >= 15 is 0 Å². The summed E-state index contributed by atoms with van der Waals surface area (Å²) in [5.41, 5.74) is 14.1. The number of ether oxygens (including phenoxy) is 2. The molecule has 312 valence electrons. The van der Waals surface area contributed by atoms with Crippen molar-refractivity contribution < 1.29 is 29.4 Å². The number of unbranched alkanes of at least 4 members (excludes halogenated alkanes) is 2. The highest BCUT2D eigenvalue weighted by atomic mass is 16.5. The first kappa shape index (κ1) is 40.6. The Labute approximate surface area is 354 Å². The summed E-state index contributed by atoms with van der Waals surface area (Å²) in [6, 6.07) is 9.88. The molecular weight excluding hydrogens is 749 g/mol. The number of allylic oxidation sites excluding steroid dienone is 2. The number of nitrogens with zero attached hydrogens (tertiary/aromatic N) is 2. The van der Waals surface area contributed by atoms with Crippen molar-refractivity contribution in [3.05, 3.63) is 93.3 Å². The van der Waals surface area contributed by atoms with Gasteiger partial charge in [-0.25, -0.2) is 0 Å². The number of carbonyl (C=O) groups is 1. The molecule has 9 atom stereocenters. The monoisotopic (exact) mass is 807 g/mol. The molecule has 0 amide bonds. The van der Waals surface area contributed by atoms with Crippen LogP contribution < -0.4 is 20.1 Å². The van der Waals surface area contributed by atoms with Crippen molar-refractivity contribution in [3.8, 4) is 35.4 Å². The maximum Gasteiger partial charge on any atom is 0.252 e. The number of rotatable bonds is 10. The molecule has 1 fully saturated rings. The van der Waals surface area contributed by atoms with Gasteiger partial charge < -0.3 is 25.4 Å². The number of ketones is 1. The van der Waals surface area contributed by atoms with Crippen molar-refractivity contribution in [1.82, 2.24) is 0 Å². The van der Waals surface area contributed by atoms with E-state index in [1.165, 1.54) is 5.57 Å². The fraction of sp³-hybridized carbons (Fsp3) is 0.510. The fourth-order valence-electron chi connectivity index (χ4n) is 10.8. The van der Waals surface area contributed by atoms with Crippen molar-refractivity contribution in [2.75, 3.05) is 6.54 Å². The van der Waals surface area contributed by atoms with Crippen molar-refractivity contribution in [2.45, 2.75) is 128 Å². The van der Waals surface area contributed by atoms with Crippen LogP contribution in [-0.2, 0) is 24.1 Å². The zero-order valence-electron chi connectivity index (χ0n) is 35.1. The molecule has 1 saturated carbocycles. The lowest BCUT2D eigenvalue weighted by Gasteiger charge is -2.36. The van der Waals surface area contributed by atoms with Crippen LogP contribution in [0.1, 0.15) is 125 Å². The molecule has 1 spiro atoms. The Kier molecular flexibility index (Phi) is 11.7. The minimum atomic E-state index is -1.03. The van der Waals surface area contributed by atoms with Crippen LogP contribution >= 0.6 is 0 Å². The van der Waals surface area contributed by atoms with Crippen LogP contribution in [-0.4, -0.2) is 47.3 Å². The SMILES string of the molecule is CCCCCC(C(=O)CCc1ccc2c(c1)OC1C(C#CC(O)c3ccc4c(c3CC3=C5C[NH+]1C=C5N=C3)CC=NC4N)C1(C#CO2)CCCC1)C(O)C1C=CC(C)CC1. The molecule has 0 saturated heterocycles. The third-order valence-corrected chi connectivity index (χ3v) is 14.3. The van der Waals surface area contributed by atoms with Gasteiger partial charge in [0.05, 0.1) is 11.5 Å². The third-order valence-electron chi connectivity index (χ3n) is 14.3. The second-order valence-corrected chi connectivity index (χ2v) is 18.2. The van der Waals surface area contributed by atoms with Crippen molar-refractivity contribution in [1.29, 1.82) is 0 Å². The number of aliphatic hydroxyl groups is 2. The lowest BCUT2D eigenvalue weighted by molar-refractivity contribution is -0.891. The minimum absolute atomic E-state index is 0.0177. The Morgan fingerprint density at radius 1 is 1.07 bits per heavy atom. The molecule has 9 heteroatoms. The van der Waals surface area contributed by atoms with Gasteiger partial charge in [0, 0.05) is 49.1 Å². The summed E-state index contributed by atoms with van der Waals surface area (Å²) in [4.78, 5) is 24.5. The minimum Gasteiger partial charge on any atom is -0.437 e.